The standard InChI is InChI=1S/C18H24O9/c1-2-17(21)26-11-9-24-7-5-23-6-8-25-10-12-27-18(22)14-3-4-15(19)16(20)13-14/h2-4,13,19-20H,1,5-12H2. The lowest BCUT2D eigenvalue weighted by molar-refractivity contribution is -0.139. The highest BCUT2D eigenvalue weighted by Gasteiger charge is 2.09. The minimum absolute atomic E-state index is 0.0486. The van der Waals surface area contributed by atoms with Crippen molar-refractivity contribution >= 4 is 11.9 Å². The second-order valence-electron chi connectivity index (χ2n) is 5.05. The molecule has 0 bridgehead atoms. The van der Waals surface area contributed by atoms with Gasteiger partial charge in [-0.25, -0.2) is 9.59 Å². The average Bonchev–Trinajstić information content (AvgIpc) is 2.67. The molecule has 1 aromatic rings. The van der Waals surface area contributed by atoms with Crippen LogP contribution in [-0.2, 0) is 28.5 Å². The van der Waals surface area contributed by atoms with E-state index in [-0.39, 0.29) is 43.5 Å². The molecule has 0 amide bonds. The Morgan fingerprint density at radius 1 is 0.815 bits per heavy atom. The van der Waals surface area contributed by atoms with Crippen molar-refractivity contribution in [1.82, 2.24) is 0 Å². The molecule has 1 aromatic carbocycles. The van der Waals surface area contributed by atoms with Gasteiger partial charge in [0.15, 0.2) is 11.5 Å². The first-order valence-electron chi connectivity index (χ1n) is 8.26. The fourth-order valence-corrected chi connectivity index (χ4v) is 1.73. The Morgan fingerprint density at radius 3 is 1.85 bits per heavy atom. The van der Waals surface area contributed by atoms with E-state index in [0.29, 0.717) is 26.4 Å². The van der Waals surface area contributed by atoms with Gasteiger partial charge in [-0.15, -0.1) is 0 Å². The van der Waals surface area contributed by atoms with Gasteiger partial charge < -0.3 is 33.9 Å². The fourth-order valence-electron chi connectivity index (χ4n) is 1.73. The van der Waals surface area contributed by atoms with Gasteiger partial charge in [-0.2, -0.15) is 0 Å². The van der Waals surface area contributed by atoms with Crippen LogP contribution in [0.15, 0.2) is 30.9 Å². The lowest BCUT2D eigenvalue weighted by Crippen LogP contribution is -2.15. The molecule has 0 spiro atoms. The summed E-state index contributed by atoms with van der Waals surface area (Å²) in [5, 5.41) is 18.5. The van der Waals surface area contributed by atoms with Crippen LogP contribution >= 0.6 is 0 Å². The number of carbonyl (C=O) groups is 2. The molecule has 0 heterocycles. The number of esters is 2. The van der Waals surface area contributed by atoms with Gasteiger partial charge in [0.2, 0.25) is 0 Å². The van der Waals surface area contributed by atoms with Gasteiger partial charge in [0, 0.05) is 6.08 Å². The van der Waals surface area contributed by atoms with Crippen LogP contribution in [-0.4, -0.2) is 75.0 Å². The zero-order valence-electron chi connectivity index (χ0n) is 14.9. The molecule has 1 rings (SSSR count). The molecule has 0 aliphatic heterocycles. The van der Waals surface area contributed by atoms with Gasteiger partial charge >= 0.3 is 11.9 Å². The number of aromatic hydroxyl groups is 2. The SMILES string of the molecule is C=CC(=O)OCCOCCOCCOCCOC(=O)c1ccc(O)c(O)c1. The number of ether oxygens (including phenoxy) is 5. The van der Waals surface area contributed by atoms with Crippen LogP contribution in [0.4, 0.5) is 0 Å². The summed E-state index contributed by atoms with van der Waals surface area (Å²) < 4.78 is 25.4. The maximum absolute atomic E-state index is 11.7. The monoisotopic (exact) mass is 384 g/mol. The predicted molar refractivity (Wildman–Crippen MR) is 93.7 cm³/mol. The van der Waals surface area contributed by atoms with E-state index in [1.807, 2.05) is 0 Å². The van der Waals surface area contributed by atoms with Crippen molar-refractivity contribution in [2.45, 2.75) is 0 Å². The van der Waals surface area contributed by atoms with Crippen molar-refractivity contribution in [2.75, 3.05) is 52.9 Å². The summed E-state index contributed by atoms with van der Waals surface area (Å²) in [6.07, 6.45) is 1.09. The molecule has 0 saturated heterocycles. The molecule has 0 fully saturated rings. The number of phenols is 2. The molecule has 9 nitrogen and oxygen atoms in total. The van der Waals surface area contributed by atoms with Gasteiger partial charge in [-0.1, -0.05) is 6.58 Å². The molecule has 150 valence electrons. The van der Waals surface area contributed by atoms with E-state index < -0.39 is 11.9 Å². The Hall–Kier alpha value is -2.62. The third-order valence-corrected chi connectivity index (χ3v) is 3.05. The number of rotatable bonds is 14. The van der Waals surface area contributed by atoms with Gasteiger partial charge in [0.05, 0.1) is 45.2 Å². The topological polar surface area (TPSA) is 121 Å². The van der Waals surface area contributed by atoms with Gasteiger partial charge in [0.25, 0.3) is 0 Å². The van der Waals surface area contributed by atoms with E-state index in [9.17, 15) is 19.8 Å². The zero-order chi connectivity index (χ0) is 19.9. The molecule has 9 heteroatoms. The van der Waals surface area contributed by atoms with Crippen molar-refractivity contribution < 1.29 is 43.5 Å². The summed E-state index contributed by atoms with van der Waals surface area (Å²) in [5.74, 6) is -1.81. The molecule has 0 aliphatic carbocycles. The summed E-state index contributed by atoms with van der Waals surface area (Å²) in [6.45, 7) is 5.39. The average molecular weight is 384 g/mol. The minimum atomic E-state index is -0.624. The Bertz CT molecular complexity index is 600. The summed E-state index contributed by atoms with van der Waals surface area (Å²) >= 11 is 0. The second kappa shape index (κ2) is 13.6. The Balaban J connectivity index is 1.91. The van der Waals surface area contributed by atoms with Crippen LogP contribution < -0.4 is 0 Å². The lowest BCUT2D eigenvalue weighted by atomic mass is 10.2. The summed E-state index contributed by atoms with van der Waals surface area (Å²) in [7, 11) is 0. The Kier molecular flexibility index (Phi) is 11.3. The van der Waals surface area contributed by atoms with Crippen LogP contribution in [0.1, 0.15) is 10.4 Å². The third-order valence-electron chi connectivity index (χ3n) is 3.05. The van der Waals surface area contributed by atoms with Crippen LogP contribution in [0.2, 0.25) is 0 Å². The third kappa shape index (κ3) is 10.2. The molecule has 0 radical (unpaired) electrons. The first-order chi connectivity index (χ1) is 13.0. The highest BCUT2D eigenvalue weighted by Crippen LogP contribution is 2.25. The lowest BCUT2D eigenvalue weighted by Gasteiger charge is -2.08. The number of benzene rings is 1. The molecule has 0 atom stereocenters. The zero-order valence-corrected chi connectivity index (χ0v) is 14.9. The van der Waals surface area contributed by atoms with E-state index in [1.54, 1.807) is 0 Å². The maximum Gasteiger partial charge on any atom is 0.338 e. The van der Waals surface area contributed by atoms with Crippen molar-refractivity contribution in [3.05, 3.63) is 36.4 Å². The first-order valence-corrected chi connectivity index (χ1v) is 8.26. The highest BCUT2D eigenvalue weighted by atomic mass is 16.6. The van der Waals surface area contributed by atoms with Crippen molar-refractivity contribution in [1.29, 1.82) is 0 Å². The van der Waals surface area contributed by atoms with E-state index in [4.69, 9.17) is 23.7 Å². The number of hydrogen-bond donors (Lipinski definition) is 2. The molecule has 0 unspecified atom stereocenters. The minimum Gasteiger partial charge on any atom is -0.504 e. The van der Waals surface area contributed by atoms with Crippen LogP contribution in [0, 0.1) is 0 Å². The van der Waals surface area contributed by atoms with Gasteiger partial charge in [-0.05, 0) is 18.2 Å². The molecule has 0 saturated carbocycles. The molecule has 0 aliphatic rings. The van der Waals surface area contributed by atoms with Gasteiger partial charge in [0.1, 0.15) is 13.2 Å². The predicted octanol–water partition coefficient (Wildman–Crippen LogP) is 1.03. The quantitative estimate of drug-likeness (QED) is 0.210. The van der Waals surface area contributed by atoms with Crippen LogP contribution in [0.25, 0.3) is 0 Å². The molecule has 2 N–H and O–H groups in total. The fraction of sp³-hybridized carbons (Fsp3) is 0.444. The van der Waals surface area contributed by atoms with E-state index >= 15 is 0 Å². The number of phenolic OH excluding ortho intramolecular Hbond substituents is 2. The molecular weight excluding hydrogens is 360 g/mol. The second-order valence-corrected chi connectivity index (χ2v) is 5.05. The summed E-state index contributed by atoms with van der Waals surface area (Å²) in [4.78, 5) is 22.5. The van der Waals surface area contributed by atoms with E-state index in [1.165, 1.54) is 12.1 Å². The number of hydrogen-bond acceptors (Lipinski definition) is 9. The van der Waals surface area contributed by atoms with Crippen molar-refractivity contribution in [3.63, 3.8) is 0 Å². The van der Waals surface area contributed by atoms with Crippen molar-refractivity contribution in [2.24, 2.45) is 0 Å². The van der Waals surface area contributed by atoms with Crippen LogP contribution in [0.5, 0.6) is 11.5 Å². The number of carbonyl (C=O) groups excluding carboxylic acids is 2. The Morgan fingerprint density at radius 2 is 1.33 bits per heavy atom. The van der Waals surface area contributed by atoms with E-state index in [0.717, 1.165) is 12.1 Å². The Labute approximate surface area is 157 Å². The molecular formula is C18H24O9. The van der Waals surface area contributed by atoms with Crippen molar-refractivity contribution in [3.8, 4) is 11.5 Å². The molecule has 0 aromatic heterocycles. The summed E-state index contributed by atoms with van der Waals surface area (Å²) in [5.41, 5.74) is 0.132. The normalized spacial score (nSPS) is 10.4. The summed E-state index contributed by atoms with van der Waals surface area (Å²) in [6, 6.07) is 3.67. The van der Waals surface area contributed by atoms with Crippen LogP contribution in [0.3, 0.4) is 0 Å². The first kappa shape index (κ1) is 22.4. The van der Waals surface area contributed by atoms with Gasteiger partial charge in [-0.3, -0.25) is 0 Å². The smallest absolute Gasteiger partial charge is 0.338 e. The highest BCUT2D eigenvalue weighted by molar-refractivity contribution is 5.90. The maximum atomic E-state index is 11.7. The molecule has 27 heavy (non-hydrogen) atoms. The van der Waals surface area contributed by atoms with E-state index in [2.05, 4.69) is 6.58 Å². The largest absolute Gasteiger partial charge is 0.504 e.